The van der Waals surface area contributed by atoms with Gasteiger partial charge < -0.3 is 10.4 Å². The Labute approximate surface area is 184 Å². The average molecular weight is 447 g/mol. The lowest BCUT2D eigenvalue weighted by Crippen LogP contribution is -2.41. The third-order valence-electron chi connectivity index (χ3n) is 6.18. The highest BCUT2D eigenvalue weighted by Crippen LogP contribution is 2.56. The van der Waals surface area contributed by atoms with Gasteiger partial charge in [0.15, 0.2) is 0 Å². The summed E-state index contributed by atoms with van der Waals surface area (Å²) in [7, 11) is 0. The number of nitrogens with one attached hydrogen (secondary N) is 1. The molecule has 0 aromatic heterocycles. The first-order chi connectivity index (χ1) is 14.3. The van der Waals surface area contributed by atoms with E-state index in [-0.39, 0.29) is 50.6 Å². The van der Waals surface area contributed by atoms with Crippen LogP contribution in [0.1, 0.15) is 42.1 Å². The number of anilines is 1. The van der Waals surface area contributed by atoms with Crippen molar-refractivity contribution in [3.8, 4) is 0 Å². The number of carboxylic acid groups (broad SMARTS) is 1. The zero-order chi connectivity index (χ0) is 21.6. The van der Waals surface area contributed by atoms with Gasteiger partial charge in [-0.1, -0.05) is 38.1 Å². The van der Waals surface area contributed by atoms with E-state index in [9.17, 15) is 20.0 Å². The van der Waals surface area contributed by atoms with Crippen LogP contribution in [-0.4, -0.2) is 32.7 Å². The minimum atomic E-state index is -0.963. The number of rotatable bonds is 5. The number of benzene rings is 2. The Morgan fingerprint density at radius 3 is 2.67 bits per heavy atom. The number of thioether (sulfide) groups is 1. The third-order valence-corrected chi connectivity index (χ3v) is 8.29. The van der Waals surface area contributed by atoms with Crippen LogP contribution in [0.15, 0.2) is 47.4 Å². The number of hydrogen-bond donors (Lipinski definition) is 2. The number of aromatic carboxylic acids is 1. The zero-order valence-electron chi connectivity index (χ0n) is 16.6. The van der Waals surface area contributed by atoms with Crippen LogP contribution in [0.5, 0.6) is 0 Å². The SMILES string of the molecule is CC(C)[C@H]1Nc2c(C(=O)O)cccc2[C@H]2[C@@H](Cl)[C@@H](Sc3ccccc3[N+](=O)[O-])C[C@@H]21. The molecule has 1 heterocycles. The largest absolute Gasteiger partial charge is 0.478 e. The normalized spacial score (nSPS) is 27.3. The monoisotopic (exact) mass is 446 g/mol. The maximum absolute atomic E-state index is 11.8. The third kappa shape index (κ3) is 3.54. The summed E-state index contributed by atoms with van der Waals surface area (Å²) in [5.74, 6) is -0.458. The van der Waals surface area contributed by atoms with Crippen molar-refractivity contribution in [2.45, 2.75) is 47.8 Å². The van der Waals surface area contributed by atoms with E-state index >= 15 is 0 Å². The lowest BCUT2D eigenvalue weighted by Gasteiger charge is -2.40. The number of nitrogens with zero attached hydrogens (tertiary/aromatic N) is 1. The van der Waals surface area contributed by atoms with Gasteiger partial charge in [0.2, 0.25) is 0 Å². The number of alkyl halides is 1. The second-order valence-corrected chi connectivity index (χ2v) is 10.0. The number of nitro groups is 1. The van der Waals surface area contributed by atoms with Gasteiger partial charge in [-0.15, -0.1) is 23.4 Å². The number of carbonyl (C=O) groups is 1. The Kier molecular flexibility index (Phi) is 5.68. The van der Waals surface area contributed by atoms with E-state index in [2.05, 4.69) is 19.2 Å². The number of carboxylic acids is 1. The van der Waals surface area contributed by atoms with Gasteiger partial charge in [-0.3, -0.25) is 10.1 Å². The molecule has 158 valence electrons. The fourth-order valence-corrected chi connectivity index (χ4v) is 6.83. The number of hydrogen-bond acceptors (Lipinski definition) is 5. The van der Waals surface area contributed by atoms with Crippen molar-refractivity contribution in [1.29, 1.82) is 0 Å². The van der Waals surface area contributed by atoms with Gasteiger partial charge >= 0.3 is 5.97 Å². The quantitative estimate of drug-likeness (QED) is 0.352. The minimum absolute atomic E-state index is 0.00474. The molecule has 30 heavy (non-hydrogen) atoms. The highest BCUT2D eigenvalue weighted by atomic mass is 35.5. The molecule has 0 bridgehead atoms. The molecule has 4 rings (SSSR count). The summed E-state index contributed by atoms with van der Waals surface area (Å²) in [6, 6.07) is 12.2. The van der Waals surface area contributed by atoms with Crippen LogP contribution in [-0.2, 0) is 0 Å². The van der Waals surface area contributed by atoms with Crippen molar-refractivity contribution in [2.24, 2.45) is 11.8 Å². The first kappa shape index (κ1) is 21.0. The molecule has 0 unspecified atom stereocenters. The first-order valence-corrected chi connectivity index (χ1v) is 11.3. The van der Waals surface area contributed by atoms with E-state index < -0.39 is 5.97 Å². The Bertz CT molecular complexity index is 999. The zero-order valence-corrected chi connectivity index (χ0v) is 18.2. The average Bonchev–Trinajstić information content (AvgIpc) is 3.03. The number of para-hydroxylation sites is 2. The van der Waals surface area contributed by atoms with E-state index in [1.807, 2.05) is 6.07 Å². The second-order valence-electron chi connectivity index (χ2n) is 8.24. The predicted octanol–water partition coefficient (Wildman–Crippen LogP) is 5.61. The smallest absolute Gasteiger partial charge is 0.337 e. The molecule has 1 aliphatic carbocycles. The van der Waals surface area contributed by atoms with Gasteiger partial charge in [0.1, 0.15) is 0 Å². The fraction of sp³-hybridized carbons (Fsp3) is 0.409. The molecule has 2 N–H and O–H groups in total. The van der Waals surface area contributed by atoms with Gasteiger partial charge in [-0.2, -0.15) is 0 Å². The molecule has 2 aromatic rings. The van der Waals surface area contributed by atoms with Crippen LogP contribution in [0, 0.1) is 22.0 Å². The van der Waals surface area contributed by atoms with E-state index in [1.54, 1.807) is 30.3 Å². The Morgan fingerprint density at radius 1 is 1.27 bits per heavy atom. The van der Waals surface area contributed by atoms with Crippen LogP contribution in [0.25, 0.3) is 0 Å². The lowest BCUT2D eigenvalue weighted by molar-refractivity contribution is -0.387. The summed E-state index contributed by atoms with van der Waals surface area (Å²) in [5.41, 5.74) is 1.94. The predicted molar refractivity (Wildman–Crippen MR) is 119 cm³/mol. The molecule has 0 spiro atoms. The minimum Gasteiger partial charge on any atom is -0.478 e. The summed E-state index contributed by atoms with van der Waals surface area (Å²) in [6.45, 7) is 4.24. The fourth-order valence-electron chi connectivity index (χ4n) is 4.89. The summed E-state index contributed by atoms with van der Waals surface area (Å²) in [4.78, 5) is 23.5. The van der Waals surface area contributed by atoms with Crippen LogP contribution >= 0.6 is 23.4 Å². The maximum Gasteiger partial charge on any atom is 0.337 e. The standard InChI is InChI=1S/C22H23ClN2O4S/c1-11(2)20-14-10-17(30-16-9-4-3-8-15(16)25(28)29)19(23)18(14)12-6-5-7-13(22(26)27)21(12)24-20/h3-9,11,14,17-20,24H,10H2,1-2H3,(H,26,27)/t14-,17-,18+,19-,20+/m0/s1. The molecule has 2 aromatic carbocycles. The van der Waals surface area contributed by atoms with Crippen LogP contribution in [0.4, 0.5) is 11.4 Å². The molecule has 5 atom stereocenters. The maximum atomic E-state index is 11.8. The van der Waals surface area contributed by atoms with Crippen LogP contribution in [0.2, 0.25) is 0 Å². The number of halogens is 1. The molecule has 0 saturated heterocycles. The molecule has 0 amide bonds. The van der Waals surface area contributed by atoms with E-state index in [1.165, 1.54) is 17.8 Å². The van der Waals surface area contributed by atoms with Gasteiger partial charge in [0, 0.05) is 23.3 Å². The molecule has 6 nitrogen and oxygen atoms in total. The summed E-state index contributed by atoms with van der Waals surface area (Å²) in [6.07, 6.45) is 0.808. The van der Waals surface area contributed by atoms with Crippen molar-refractivity contribution in [2.75, 3.05) is 5.32 Å². The molecular weight excluding hydrogens is 424 g/mol. The molecule has 1 aliphatic heterocycles. The van der Waals surface area contributed by atoms with Crippen molar-refractivity contribution < 1.29 is 14.8 Å². The van der Waals surface area contributed by atoms with Crippen molar-refractivity contribution in [1.82, 2.24) is 0 Å². The lowest BCUT2D eigenvalue weighted by atomic mass is 9.75. The summed E-state index contributed by atoms with van der Waals surface area (Å²) >= 11 is 8.46. The highest BCUT2D eigenvalue weighted by molar-refractivity contribution is 8.00. The molecule has 1 fully saturated rings. The van der Waals surface area contributed by atoms with Crippen LogP contribution < -0.4 is 5.32 Å². The van der Waals surface area contributed by atoms with Gasteiger partial charge in [-0.25, -0.2) is 4.79 Å². The Balaban J connectivity index is 1.72. The molecular formula is C22H23ClN2O4S. The molecule has 8 heteroatoms. The summed E-state index contributed by atoms with van der Waals surface area (Å²) < 4.78 is 0. The number of fused-ring (bicyclic) bond motifs is 3. The van der Waals surface area contributed by atoms with E-state index in [0.717, 1.165) is 12.0 Å². The molecule has 2 aliphatic rings. The van der Waals surface area contributed by atoms with Gasteiger partial charge in [0.05, 0.1) is 26.4 Å². The number of nitro benzene ring substituents is 1. The molecule has 0 radical (unpaired) electrons. The highest BCUT2D eigenvalue weighted by Gasteiger charge is 2.51. The van der Waals surface area contributed by atoms with E-state index in [4.69, 9.17) is 11.6 Å². The Morgan fingerprint density at radius 2 is 2.00 bits per heavy atom. The first-order valence-electron chi connectivity index (χ1n) is 9.96. The second kappa shape index (κ2) is 8.12. The van der Waals surface area contributed by atoms with Gasteiger partial charge in [0.25, 0.3) is 5.69 Å². The Hall–Kier alpha value is -2.25. The summed E-state index contributed by atoms with van der Waals surface area (Å²) in [5, 5.41) is 24.3. The molecule has 1 saturated carbocycles. The van der Waals surface area contributed by atoms with Gasteiger partial charge in [-0.05, 0) is 36.0 Å². The van der Waals surface area contributed by atoms with E-state index in [0.29, 0.717) is 10.6 Å². The topological polar surface area (TPSA) is 92.5 Å². The van der Waals surface area contributed by atoms with Crippen molar-refractivity contribution in [3.63, 3.8) is 0 Å². The van der Waals surface area contributed by atoms with Crippen molar-refractivity contribution in [3.05, 3.63) is 63.7 Å². The van der Waals surface area contributed by atoms with Crippen LogP contribution in [0.3, 0.4) is 0 Å². The van der Waals surface area contributed by atoms with Crippen molar-refractivity contribution >= 4 is 40.7 Å².